The summed E-state index contributed by atoms with van der Waals surface area (Å²) < 4.78 is 0. The number of rotatable bonds is 3. The van der Waals surface area contributed by atoms with Crippen molar-refractivity contribution in [2.24, 2.45) is 0 Å². The third-order valence-electron chi connectivity index (χ3n) is 2.66. The third kappa shape index (κ3) is 3.51. The van der Waals surface area contributed by atoms with Gasteiger partial charge in [-0.25, -0.2) is 4.79 Å². The molecule has 0 radical (unpaired) electrons. The molecule has 0 saturated heterocycles. The zero-order chi connectivity index (χ0) is 15.6. The molecule has 0 aliphatic rings. The molecule has 0 aliphatic heterocycles. The van der Waals surface area contributed by atoms with E-state index >= 15 is 0 Å². The maximum Gasteiger partial charge on any atom is 0.335 e. The Hall–Kier alpha value is -2.11. The van der Waals surface area contributed by atoms with Gasteiger partial charge >= 0.3 is 5.97 Å². The fourth-order valence-electron chi connectivity index (χ4n) is 1.68. The zero-order valence-corrected chi connectivity index (χ0v) is 12.4. The third-order valence-corrected chi connectivity index (χ3v) is 3.26. The first kappa shape index (κ1) is 15.3. The molecule has 5 nitrogen and oxygen atoms in total. The lowest BCUT2D eigenvalue weighted by molar-refractivity contribution is 0.0696. The summed E-state index contributed by atoms with van der Waals surface area (Å²) >= 11 is 11.9. The van der Waals surface area contributed by atoms with Gasteiger partial charge in [0.05, 0.1) is 26.9 Å². The van der Waals surface area contributed by atoms with Crippen LogP contribution < -0.4 is 5.32 Å². The van der Waals surface area contributed by atoms with Crippen LogP contribution in [-0.4, -0.2) is 22.0 Å². The standard InChI is InChI=1S/C14H10Cl2N2O3/c1-7-2-9(6-17-5-7)13(19)18-12-10(15)3-8(14(20)21)4-11(12)16/h2-6H,1H3,(H,18,19)(H,20,21). The molecule has 1 aromatic heterocycles. The van der Waals surface area contributed by atoms with E-state index in [-0.39, 0.29) is 21.3 Å². The van der Waals surface area contributed by atoms with Gasteiger partial charge in [-0.1, -0.05) is 23.2 Å². The summed E-state index contributed by atoms with van der Waals surface area (Å²) in [5.41, 5.74) is 1.29. The van der Waals surface area contributed by atoms with Crippen molar-refractivity contribution in [1.82, 2.24) is 4.98 Å². The van der Waals surface area contributed by atoms with Gasteiger partial charge in [-0.05, 0) is 30.7 Å². The highest BCUT2D eigenvalue weighted by Crippen LogP contribution is 2.32. The van der Waals surface area contributed by atoms with Crippen molar-refractivity contribution in [3.8, 4) is 0 Å². The summed E-state index contributed by atoms with van der Waals surface area (Å²) in [4.78, 5) is 26.9. The van der Waals surface area contributed by atoms with Gasteiger partial charge in [-0.2, -0.15) is 0 Å². The van der Waals surface area contributed by atoms with E-state index in [4.69, 9.17) is 28.3 Å². The summed E-state index contributed by atoms with van der Waals surface area (Å²) in [6, 6.07) is 4.11. The van der Waals surface area contributed by atoms with Crippen molar-refractivity contribution >= 4 is 40.8 Å². The Morgan fingerprint density at radius 1 is 1.10 bits per heavy atom. The second-order valence-corrected chi connectivity index (χ2v) is 5.14. The van der Waals surface area contributed by atoms with Crippen molar-refractivity contribution in [2.45, 2.75) is 6.92 Å². The number of benzene rings is 1. The fourth-order valence-corrected chi connectivity index (χ4v) is 2.26. The molecule has 1 aromatic carbocycles. The van der Waals surface area contributed by atoms with Gasteiger partial charge in [0, 0.05) is 12.4 Å². The number of carboxylic acids is 1. The van der Waals surface area contributed by atoms with Gasteiger partial charge in [-0.3, -0.25) is 9.78 Å². The molecular formula is C14H10Cl2N2O3. The Labute approximate surface area is 130 Å². The molecular weight excluding hydrogens is 315 g/mol. The van der Waals surface area contributed by atoms with Crippen LogP contribution in [0.25, 0.3) is 0 Å². The molecule has 7 heteroatoms. The van der Waals surface area contributed by atoms with Crippen LogP contribution in [0.15, 0.2) is 30.6 Å². The number of hydrogen-bond donors (Lipinski definition) is 2. The quantitative estimate of drug-likeness (QED) is 0.903. The minimum absolute atomic E-state index is 0.0499. The summed E-state index contributed by atoms with van der Waals surface area (Å²) in [5.74, 6) is -1.59. The number of nitrogens with one attached hydrogen (secondary N) is 1. The number of amides is 1. The summed E-state index contributed by atoms with van der Waals surface area (Å²) in [6.45, 7) is 1.81. The van der Waals surface area contributed by atoms with E-state index in [1.54, 1.807) is 12.3 Å². The lowest BCUT2D eigenvalue weighted by atomic mass is 10.2. The highest BCUT2D eigenvalue weighted by molar-refractivity contribution is 6.40. The largest absolute Gasteiger partial charge is 0.478 e. The molecule has 0 aliphatic carbocycles. The van der Waals surface area contributed by atoms with Gasteiger partial charge in [-0.15, -0.1) is 0 Å². The molecule has 21 heavy (non-hydrogen) atoms. The summed E-state index contributed by atoms with van der Waals surface area (Å²) in [6.07, 6.45) is 3.04. The normalized spacial score (nSPS) is 10.2. The Morgan fingerprint density at radius 3 is 2.24 bits per heavy atom. The van der Waals surface area contributed by atoms with Gasteiger partial charge in [0.2, 0.25) is 0 Å². The number of nitrogens with zero attached hydrogens (tertiary/aromatic N) is 1. The fraction of sp³-hybridized carbons (Fsp3) is 0.0714. The lowest BCUT2D eigenvalue weighted by Crippen LogP contribution is -2.13. The van der Waals surface area contributed by atoms with E-state index in [2.05, 4.69) is 10.3 Å². The minimum atomic E-state index is -1.15. The summed E-state index contributed by atoms with van der Waals surface area (Å²) in [7, 11) is 0. The van der Waals surface area contributed by atoms with E-state index in [0.29, 0.717) is 5.56 Å². The number of halogens is 2. The topological polar surface area (TPSA) is 79.3 Å². The average Bonchev–Trinajstić information content (AvgIpc) is 2.42. The molecule has 2 N–H and O–H groups in total. The van der Waals surface area contributed by atoms with E-state index in [0.717, 1.165) is 5.56 Å². The van der Waals surface area contributed by atoms with Crippen LogP contribution in [0.5, 0.6) is 0 Å². The van der Waals surface area contributed by atoms with Crippen LogP contribution in [0.1, 0.15) is 26.3 Å². The van der Waals surface area contributed by atoms with Crippen LogP contribution in [0.2, 0.25) is 10.0 Å². The van der Waals surface area contributed by atoms with Gasteiger partial charge in [0.25, 0.3) is 5.91 Å². The molecule has 0 spiro atoms. The minimum Gasteiger partial charge on any atom is -0.478 e. The van der Waals surface area contributed by atoms with E-state index < -0.39 is 11.9 Å². The molecule has 0 unspecified atom stereocenters. The smallest absolute Gasteiger partial charge is 0.335 e. The Bertz CT molecular complexity index is 709. The molecule has 1 amide bonds. The van der Waals surface area contributed by atoms with Gasteiger partial charge < -0.3 is 10.4 Å². The lowest BCUT2D eigenvalue weighted by Gasteiger charge is -2.10. The first-order valence-electron chi connectivity index (χ1n) is 5.84. The number of carbonyl (C=O) groups excluding carboxylic acids is 1. The van der Waals surface area contributed by atoms with E-state index in [1.807, 2.05) is 6.92 Å². The number of aryl methyl sites for hydroxylation is 1. The number of anilines is 1. The first-order valence-corrected chi connectivity index (χ1v) is 6.59. The highest BCUT2D eigenvalue weighted by Gasteiger charge is 2.15. The van der Waals surface area contributed by atoms with Crippen LogP contribution in [-0.2, 0) is 0 Å². The Morgan fingerprint density at radius 2 is 1.71 bits per heavy atom. The highest BCUT2D eigenvalue weighted by atomic mass is 35.5. The first-order chi connectivity index (χ1) is 9.88. The number of carbonyl (C=O) groups is 2. The molecule has 2 aromatic rings. The molecule has 0 atom stereocenters. The molecule has 0 fully saturated rings. The molecule has 1 heterocycles. The maximum absolute atomic E-state index is 12.1. The van der Waals surface area contributed by atoms with Crippen LogP contribution in [0.3, 0.4) is 0 Å². The number of carboxylic acid groups (broad SMARTS) is 1. The molecule has 0 bridgehead atoms. The Balaban J connectivity index is 2.32. The average molecular weight is 325 g/mol. The molecule has 108 valence electrons. The molecule has 2 rings (SSSR count). The number of pyridine rings is 1. The predicted molar refractivity (Wildman–Crippen MR) is 80.3 cm³/mol. The van der Waals surface area contributed by atoms with Crippen molar-refractivity contribution in [2.75, 3.05) is 5.32 Å². The maximum atomic E-state index is 12.1. The van der Waals surface area contributed by atoms with Gasteiger partial charge in [0.15, 0.2) is 0 Å². The number of aromatic carboxylic acids is 1. The van der Waals surface area contributed by atoms with E-state index in [1.165, 1.54) is 18.3 Å². The van der Waals surface area contributed by atoms with Crippen molar-refractivity contribution in [3.63, 3.8) is 0 Å². The van der Waals surface area contributed by atoms with Crippen molar-refractivity contribution in [1.29, 1.82) is 0 Å². The second kappa shape index (κ2) is 6.11. The van der Waals surface area contributed by atoms with Gasteiger partial charge in [0.1, 0.15) is 0 Å². The van der Waals surface area contributed by atoms with Crippen LogP contribution >= 0.6 is 23.2 Å². The number of aromatic nitrogens is 1. The second-order valence-electron chi connectivity index (χ2n) is 4.33. The predicted octanol–water partition coefficient (Wildman–Crippen LogP) is 3.65. The van der Waals surface area contributed by atoms with Crippen LogP contribution in [0, 0.1) is 6.92 Å². The van der Waals surface area contributed by atoms with Crippen molar-refractivity contribution < 1.29 is 14.7 Å². The monoisotopic (exact) mass is 324 g/mol. The van der Waals surface area contributed by atoms with Crippen LogP contribution in [0.4, 0.5) is 5.69 Å². The summed E-state index contributed by atoms with van der Waals surface area (Å²) in [5, 5.41) is 11.6. The SMILES string of the molecule is Cc1cncc(C(=O)Nc2c(Cl)cc(C(=O)O)cc2Cl)c1. The molecule has 0 saturated carbocycles. The van der Waals surface area contributed by atoms with Crippen molar-refractivity contribution in [3.05, 3.63) is 57.3 Å². The number of hydrogen-bond acceptors (Lipinski definition) is 3. The zero-order valence-electron chi connectivity index (χ0n) is 10.9. The Kier molecular flexibility index (Phi) is 4.45. The van der Waals surface area contributed by atoms with E-state index in [9.17, 15) is 9.59 Å².